The van der Waals surface area contributed by atoms with Crippen LogP contribution in [-0.2, 0) is 11.2 Å². The summed E-state index contributed by atoms with van der Waals surface area (Å²) in [6.45, 7) is 3.93. The van der Waals surface area contributed by atoms with Gasteiger partial charge in [-0.3, -0.25) is 14.6 Å². The predicted octanol–water partition coefficient (Wildman–Crippen LogP) is 3.74. The number of nitrogens with zero attached hydrogens (tertiary/aromatic N) is 2. The van der Waals surface area contributed by atoms with E-state index in [2.05, 4.69) is 10.3 Å². The van der Waals surface area contributed by atoms with Gasteiger partial charge >= 0.3 is 0 Å². The number of ether oxygens (including phenoxy) is 1. The van der Waals surface area contributed by atoms with E-state index < -0.39 is 0 Å². The Hall–Kier alpha value is -3.41. The van der Waals surface area contributed by atoms with Crippen LogP contribution in [-0.4, -0.2) is 42.9 Å². The van der Waals surface area contributed by atoms with Crippen LogP contribution in [0.3, 0.4) is 0 Å². The van der Waals surface area contributed by atoms with Crippen LogP contribution in [0.1, 0.15) is 27.2 Å². The van der Waals surface area contributed by atoms with E-state index in [1.165, 1.54) is 12.0 Å². The van der Waals surface area contributed by atoms with Gasteiger partial charge in [0.25, 0.3) is 5.91 Å². The summed E-state index contributed by atoms with van der Waals surface area (Å²) >= 11 is 0. The number of carbonyl (C=O) groups excluding carboxylic acids is 2. The molecule has 0 saturated heterocycles. The van der Waals surface area contributed by atoms with E-state index in [-0.39, 0.29) is 18.2 Å². The van der Waals surface area contributed by atoms with Gasteiger partial charge in [-0.2, -0.15) is 0 Å². The first kappa shape index (κ1) is 20.3. The number of benzene rings is 2. The monoisotopic (exact) mass is 391 g/mol. The summed E-state index contributed by atoms with van der Waals surface area (Å²) in [4.78, 5) is 31.2. The van der Waals surface area contributed by atoms with E-state index in [0.717, 1.165) is 27.7 Å². The Kier molecular flexibility index (Phi) is 5.82. The van der Waals surface area contributed by atoms with Gasteiger partial charge in [-0.1, -0.05) is 18.2 Å². The van der Waals surface area contributed by atoms with Gasteiger partial charge in [-0.15, -0.1) is 0 Å². The maximum Gasteiger partial charge on any atom is 0.253 e. The van der Waals surface area contributed by atoms with Gasteiger partial charge < -0.3 is 15.0 Å². The van der Waals surface area contributed by atoms with Crippen LogP contribution in [0, 0.1) is 13.8 Å². The molecule has 6 nitrogen and oxygen atoms in total. The molecule has 0 radical (unpaired) electrons. The van der Waals surface area contributed by atoms with Crippen molar-refractivity contribution in [2.45, 2.75) is 20.3 Å². The number of para-hydroxylation sites is 1. The zero-order valence-corrected chi connectivity index (χ0v) is 17.4. The highest BCUT2D eigenvalue weighted by Gasteiger charge is 2.16. The van der Waals surface area contributed by atoms with Crippen LogP contribution in [0.25, 0.3) is 10.9 Å². The Balaban J connectivity index is 1.89. The summed E-state index contributed by atoms with van der Waals surface area (Å²) in [6.07, 6.45) is 0.185. The van der Waals surface area contributed by atoms with E-state index in [1.807, 2.05) is 38.1 Å². The van der Waals surface area contributed by atoms with Gasteiger partial charge in [0.15, 0.2) is 0 Å². The first-order chi connectivity index (χ1) is 13.8. The first-order valence-corrected chi connectivity index (χ1v) is 9.36. The number of anilines is 1. The zero-order chi connectivity index (χ0) is 21.1. The number of aromatic nitrogens is 1. The van der Waals surface area contributed by atoms with Crippen molar-refractivity contribution in [1.29, 1.82) is 0 Å². The molecule has 3 rings (SSSR count). The minimum atomic E-state index is -0.193. The minimum absolute atomic E-state index is 0.145. The number of nitrogens with one attached hydrogen (secondary N) is 1. The third-order valence-electron chi connectivity index (χ3n) is 4.95. The predicted molar refractivity (Wildman–Crippen MR) is 115 cm³/mol. The second kappa shape index (κ2) is 8.31. The first-order valence-electron chi connectivity index (χ1n) is 9.36. The van der Waals surface area contributed by atoms with E-state index >= 15 is 0 Å². The molecule has 1 N–H and O–H groups in total. The highest BCUT2D eigenvalue weighted by Crippen LogP contribution is 2.27. The lowest BCUT2D eigenvalue weighted by Gasteiger charge is -2.16. The summed E-state index contributed by atoms with van der Waals surface area (Å²) < 4.78 is 5.34. The summed E-state index contributed by atoms with van der Waals surface area (Å²) in [5, 5.41) is 3.92. The largest absolute Gasteiger partial charge is 0.495 e. The van der Waals surface area contributed by atoms with E-state index in [9.17, 15) is 9.59 Å². The van der Waals surface area contributed by atoms with Crippen molar-refractivity contribution in [2.75, 3.05) is 26.5 Å². The number of hydrogen-bond acceptors (Lipinski definition) is 4. The molecule has 0 bridgehead atoms. The summed E-state index contributed by atoms with van der Waals surface area (Å²) in [7, 11) is 4.90. The van der Waals surface area contributed by atoms with Crippen LogP contribution in [0.15, 0.2) is 42.5 Å². The fraction of sp³-hybridized carbons (Fsp3) is 0.261. The molecule has 0 spiro atoms. The fourth-order valence-corrected chi connectivity index (χ4v) is 3.38. The molecule has 0 fully saturated rings. The summed E-state index contributed by atoms with van der Waals surface area (Å²) in [5.74, 6) is 0.160. The van der Waals surface area contributed by atoms with Gasteiger partial charge in [0.2, 0.25) is 5.91 Å². The van der Waals surface area contributed by atoms with Crippen LogP contribution in [0.5, 0.6) is 5.75 Å². The zero-order valence-electron chi connectivity index (χ0n) is 17.4. The van der Waals surface area contributed by atoms with Crippen LogP contribution in [0.4, 0.5) is 5.69 Å². The van der Waals surface area contributed by atoms with Gasteiger partial charge in [-0.25, -0.2) is 0 Å². The van der Waals surface area contributed by atoms with Crippen molar-refractivity contribution in [1.82, 2.24) is 9.88 Å². The molecular formula is C23H25N3O3. The Bertz CT molecular complexity index is 1090. The molecule has 6 heteroatoms. The molecule has 0 aliphatic rings. The smallest absolute Gasteiger partial charge is 0.253 e. The number of aryl methyl sites for hydroxylation is 2. The van der Waals surface area contributed by atoms with Gasteiger partial charge in [0.1, 0.15) is 5.75 Å². The minimum Gasteiger partial charge on any atom is -0.495 e. The molecule has 2 amide bonds. The number of amides is 2. The number of pyridine rings is 1. The Morgan fingerprint density at radius 1 is 1.10 bits per heavy atom. The third-order valence-corrected chi connectivity index (χ3v) is 4.95. The molecule has 0 saturated carbocycles. The van der Waals surface area contributed by atoms with E-state index in [1.54, 1.807) is 32.3 Å². The molecule has 1 aromatic heterocycles. The quantitative estimate of drug-likeness (QED) is 0.719. The van der Waals surface area contributed by atoms with Crippen LogP contribution in [0.2, 0.25) is 0 Å². The van der Waals surface area contributed by atoms with Gasteiger partial charge in [-0.05, 0) is 49.2 Å². The Morgan fingerprint density at radius 3 is 2.52 bits per heavy atom. The second-order valence-corrected chi connectivity index (χ2v) is 7.16. The number of methoxy groups -OCH3 is 1. The van der Waals surface area contributed by atoms with Crippen molar-refractivity contribution in [3.05, 3.63) is 64.8 Å². The average Bonchev–Trinajstić information content (AvgIpc) is 2.70. The maximum absolute atomic E-state index is 12.8. The number of fused-ring (bicyclic) bond motifs is 1. The lowest BCUT2D eigenvalue weighted by molar-refractivity contribution is -0.115. The van der Waals surface area contributed by atoms with Crippen molar-refractivity contribution >= 4 is 28.4 Å². The summed E-state index contributed by atoms with van der Waals surface area (Å²) in [5.41, 5.74) is 4.65. The third kappa shape index (κ3) is 4.21. The number of hydrogen-bond donors (Lipinski definition) is 1. The van der Waals surface area contributed by atoms with Crippen molar-refractivity contribution in [3.8, 4) is 5.75 Å². The summed E-state index contributed by atoms with van der Waals surface area (Å²) in [6, 6.07) is 12.9. The molecule has 0 aliphatic carbocycles. The molecule has 0 aliphatic heterocycles. The molecule has 0 unspecified atom stereocenters. The lowest BCUT2D eigenvalue weighted by Crippen LogP contribution is -2.22. The van der Waals surface area contributed by atoms with Gasteiger partial charge in [0, 0.05) is 30.7 Å². The van der Waals surface area contributed by atoms with Crippen molar-refractivity contribution in [3.63, 3.8) is 0 Å². The normalized spacial score (nSPS) is 10.7. The maximum atomic E-state index is 12.8. The molecule has 0 atom stereocenters. The number of carbonyl (C=O) groups is 2. The van der Waals surface area contributed by atoms with Crippen LogP contribution < -0.4 is 10.1 Å². The molecule has 150 valence electrons. The second-order valence-electron chi connectivity index (χ2n) is 7.16. The SMILES string of the molecule is COc1ccc(C(=O)N(C)C)cc1NC(=O)Cc1c(C)nc2ccccc2c1C. The van der Waals surface area contributed by atoms with Crippen molar-refractivity contribution < 1.29 is 14.3 Å². The molecule has 1 heterocycles. The van der Waals surface area contributed by atoms with Crippen molar-refractivity contribution in [2.24, 2.45) is 0 Å². The average molecular weight is 391 g/mol. The number of rotatable bonds is 5. The standard InChI is InChI=1S/C23H25N3O3/c1-14-17-8-6-7-9-19(17)24-15(2)18(14)13-22(27)25-20-12-16(23(28)26(3)4)10-11-21(20)29-5/h6-12H,13H2,1-5H3,(H,25,27). The van der Waals surface area contributed by atoms with E-state index in [4.69, 9.17) is 4.74 Å². The topological polar surface area (TPSA) is 71.5 Å². The lowest BCUT2D eigenvalue weighted by atomic mass is 9.99. The van der Waals surface area contributed by atoms with Gasteiger partial charge in [0.05, 0.1) is 24.7 Å². The van der Waals surface area contributed by atoms with Crippen LogP contribution >= 0.6 is 0 Å². The molecule has 29 heavy (non-hydrogen) atoms. The molecule has 3 aromatic rings. The Labute approximate surface area is 170 Å². The highest BCUT2D eigenvalue weighted by molar-refractivity contribution is 5.99. The van der Waals surface area contributed by atoms with E-state index in [0.29, 0.717) is 17.0 Å². The fourth-order valence-electron chi connectivity index (χ4n) is 3.38. The molecular weight excluding hydrogens is 366 g/mol. The Morgan fingerprint density at radius 2 is 1.83 bits per heavy atom. The molecule has 2 aromatic carbocycles. The highest BCUT2D eigenvalue weighted by atomic mass is 16.5.